The second-order valence-corrected chi connectivity index (χ2v) is 4.71. The molecule has 1 unspecified atom stereocenters. The highest BCUT2D eigenvalue weighted by molar-refractivity contribution is 5.82. The Morgan fingerprint density at radius 3 is 2.41 bits per heavy atom. The maximum absolute atomic E-state index is 13.6. The fourth-order valence-electron chi connectivity index (χ4n) is 1.25. The lowest BCUT2D eigenvalue weighted by Crippen LogP contribution is -2.22. The van der Waals surface area contributed by atoms with E-state index in [1.807, 2.05) is 6.07 Å². The van der Waals surface area contributed by atoms with Gasteiger partial charge in [-0.1, -0.05) is 30.3 Å². The minimum atomic E-state index is -1.29. The molecule has 92 valence electrons. The smallest absolute Gasteiger partial charge is 0.331 e. The number of hydrogen-bond donors (Lipinski definition) is 0. The third-order valence-electron chi connectivity index (χ3n) is 1.93. The number of carbonyl (C=O) groups excluding carboxylic acids is 1. The lowest BCUT2D eigenvalue weighted by atomic mass is 10.1. The molecule has 0 fully saturated rings. The third-order valence-corrected chi connectivity index (χ3v) is 1.93. The normalized spacial score (nSPS) is 13.6. The van der Waals surface area contributed by atoms with E-state index in [9.17, 15) is 9.18 Å². The summed E-state index contributed by atoms with van der Waals surface area (Å²) in [6.07, 6.45) is 1.04. The van der Waals surface area contributed by atoms with E-state index in [0.717, 1.165) is 6.08 Å². The van der Waals surface area contributed by atoms with Crippen molar-refractivity contribution in [2.24, 2.45) is 0 Å². The summed E-state index contributed by atoms with van der Waals surface area (Å²) in [7, 11) is 0. The minimum absolute atomic E-state index is 0.521. The fraction of sp³-hybridized carbons (Fsp3) is 0.357. The molecule has 0 heterocycles. The molecule has 0 radical (unpaired) electrons. The van der Waals surface area contributed by atoms with Gasteiger partial charge in [-0.2, -0.15) is 0 Å². The van der Waals surface area contributed by atoms with Crippen LogP contribution < -0.4 is 0 Å². The molecule has 0 aliphatic carbocycles. The van der Waals surface area contributed by atoms with Crippen LogP contribution in [-0.2, 0) is 9.53 Å². The summed E-state index contributed by atoms with van der Waals surface area (Å²) in [6, 6.07) is 8.66. The van der Waals surface area contributed by atoms with Crippen molar-refractivity contribution >= 4 is 5.97 Å². The van der Waals surface area contributed by atoms with Crippen molar-refractivity contribution in [2.75, 3.05) is 0 Å². The van der Waals surface area contributed by atoms with Crippen molar-refractivity contribution in [1.29, 1.82) is 0 Å². The number of carbonyl (C=O) groups is 1. The van der Waals surface area contributed by atoms with Gasteiger partial charge in [0.05, 0.1) is 0 Å². The van der Waals surface area contributed by atoms with Crippen LogP contribution in [0.15, 0.2) is 42.5 Å². The van der Waals surface area contributed by atoms with Gasteiger partial charge in [0.1, 0.15) is 11.8 Å². The lowest BCUT2D eigenvalue weighted by molar-refractivity contribution is -0.148. The van der Waals surface area contributed by atoms with Gasteiger partial charge in [0.25, 0.3) is 0 Å². The molecule has 1 aromatic carbocycles. The monoisotopic (exact) mass is 236 g/mol. The first-order valence-electron chi connectivity index (χ1n) is 5.49. The number of hydrogen-bond acceptors (Lipinski definition) is 2. The van der Waals surface area contributed by atoms with Gasteiger partial charge in [-0.3, -0.25) is 0 Å². The zero-order valence-corrected chi connectivity index (χ0v) is 10.3. The van der Waals surface area contributed by atoms with Gasteiger partial charge in [0.2, 0.25) is 0 Å². The summed E-state index contributed by atoms with van der Waals surface area (Å²) >= 11 is 0. The molecule has 0 aromatic heterocycles. The van der Waals surface area contributed by atoms with Crippen molar-refractivity contribution in [2.45, 2.75) is 32.5 Å². The average molecular weight is 236 g/mol. The second kappa shape index (κ2) is 5.62. The maximum Gasteiger partial charge on any atom is 0.331 e. The van der Waals surface area contributed by atoms with Crippen LogP contribution in [0.2, 0.25) is 0 Å². The van der Waals surface area contributed by atoms with Crippen molar-refractivity contribution < 1.29 is 13.9 Å². The lowest BCUT2D eigenvalue weighted by Gasteiger charge is -2.18. The number of ether oxygens (including phenoxy) is 1. The molecule has 0 N–H and O–H groups in total. The molecule has 0 aliphatic heterocycles. The fourth-order valence-corrected chi connectivity index (χ4v) is 1.25. The molecule has 2 nitrogen and oxygen atoms in total. The summed E-state index contributed by atoms with van der Waals surface area (Å²) in [5.74, 6) is -0.531. The topological polar surface area (TPSA) is 26.3 Å². The van der Waals surface area contributed by atoms with Crippen LogP contribution in [0.5, 0.6) is 0 Å². The first-order valence-corrected chi connectivity index (χ1v) is 5.49. The predicted octanol–water partition coefficient (Wildman–Crippen LogP) is 3.60. The van der Waals surface area contributed by atoms with Gasteiger partial charge >= 0.3 is 5.97 Å². The Morgan fingerprint density at radius 2 is 1.88 bits per heavy atom. The van der Waals surface area contributed by atoms with Crippen LogP contribution in [-0.4, -0.2) is 11.6 Å². The van der Waals surface area contributed by atoms with Crippen LogP contribution in [0.3, 0.4) is 0 Å². The number of alkyl halides is 1. The van der Waals surface area contributed by atoms with Crippen LogP contribution in [0.25, 0.3) is 0 Å². The number of benzene rings is 1. The Morgan fingerprint density at radius 1 is 1.29 bits per heavy atom. The van der Waals surface area contributed by atoms with E-state index in [4.69, 9.17) is 4.74 Å². The molecule has 0 bridgehead atoms. The van der Waals surface area contributed by atoms with Crippen molar-refractivity contribution in [1.82, 2.24) is 0 Å². The van der Waals surface area contributed by atoms with E-state index < -0.39 is 17.7 Å². The zero-order valence-electron chi connectivity index (χ0n) is 10.3. The molecule has 0 saturated carbocycles. The highest BCUT2D eigenvalue weighted by Crippen LogP contribution is 2.18. The molecule has 0 saturated heterocycles. The molecular formula is C14H17FO2. The Labute approximate surface area is 101 Å². The van der Waals surface area contributed by atoms with E-state index in [2.05, 4.69) is 0 Å². The molecular weight excluding hydrogens is 219 g/mol. The van der Waals surface area contributed by atoms with Gasteiger partial charge < -0.3 is 4.74 Å². The summed E-state index contributed by atoms with van der Waals surface area (Å²) in [5.41, 5.74) is -0.0349. The van der Waals surface area contributed by atoms with Gasteiger partial charge in [-0.15, -0.1) is 0 Å². The minimum Gasteiger partial charge on any atom is -0.457 e. The third kappa shape index (κ3) is 5.29. The van der Waals surface area contributed by atoms with Gasteiger partial charge in [0, 0.05) is 6.08 Å². The summed E-state index contributed by atoms with van der Waals surface area (Å²) < 4.78 is 18.7. The summed E-state index contributed by atoms with van der Waals surface area (Å²) in [5, 5.41) is 0. The Bertz CT molecular complexity index is 390. The van der Waals surface area contributed by atoms with Crippen molar-refractivity contribution in [3.05, 3.63) is 48.0 Å². The molecule has 1 aromatic rings. The van der Waals surface area contributed by atoms with E-state index >= 15 is 0 Å². The number of allylic oxidation sites excluding steroid dienone is 1. The maximum atomic E-state index is 13.6. The summed E-state index contributed by atoms with van der Waals surface area (Å²) in [4.78, 5) is 11.3. The summed E-state index contributed by atoms with van der Waals surface area (Å²) in [6.45, 7) is 5.30. The van der Waals surface area contributed by atoms with E-state index in [-0.39, 0.29) is 0 Å². The molecule has 0 aliphatic rings. The van der Waals surface area contributed by atoms with Crippen LogP contribution in [0, 0.1) is 0 Å². The van der Waals surface area contributed by atoms with Crippen LogP contribution in [0.4, 0.5) is 4.39 Å². The first kappa shape index (κ1) is 13.4. The molecule has 0 spiro atoms. The molecule has 0 amide bonds. The van der Waals surface area contributed by atoms with Gasteiger partial charge in [-0.05, 0) is 32.4 Å². The Kier molecular flexibility index (Phi) is 4.44. The molecule has 1 atom stereocenters. The molecule has 3 heteroatoms. The number of esters is 1. The van der Waals surface area contributed by atoms with E-state index in [1.165, 1.54) is 6.08 Å². The van der Waals surface area contributed by atoms with Crippen LogP contribution in [0.1, 0.15) is 32.5 Å². The molecule has 17 heavy (non-hydrogen) atoms. The number of halogens is 1. The Balaban J connectivity index is 2.57. The SMILES string of the molecule is CC(C)(C)OC(=O)/C=C/C(F)c1ccccc1. The van der Waals surface area contributed by atoms with Crippen molar-refractivity contribution in [3.63, 3.8) is 0 Å². The van der Waals surface area contributed by atoms with Gasteiger partial charge in [0.15, 0.2) is 0 Å². The Hall–Kier alpha value is -1.64. The zero-order chi connectivity index (χ0) is 12.9. The van der Waals surface area contributed by atoms with Crippen LogP contribution >= 0.6 is 0 Å². The predicted molar refractivity (Wildman–Crippen MR) is 65.3 cm³/mol. The van der Waals surface area contributed by atoms with Crippen molar-refractivity contribution in [3.8, 4) is 0 Å². The second-order valence-electron chi connectivity index (χ2n) is 4.71. The first-order chi connectivity index (χ1) is 7.88. The largest absolute Gasteiger partial charge is 0.457 e. The molecule has 1 rings (SSSR count). The standard InChI is InChI=1S/C14H17FO2/c1-14(2,3)17-13(16)10-9-12(15)11-7-5-4-6-8-11/h4-10,12H,1-3H3/b10-9+. The highest BCUT2D eigenvalue weighted by Gasteiger charge is 2.14. The average Bonchev–Trinajstić information content (AvgIpc) is 2.25. The van der Waals surface area contributed by atoms with E-state index in [1.54, 1.807) is 45.0 Å². The van der Waals surface area contributed by atoms with E-state index in [0.29, 0.717) is 5.56 Å². The van der Waals surface area contributed by atoms with Gasteiger partial charge in [-0.25, -0.2) is 9.18 Å². The number of rotatable bonds is 3. The quantitative estimate of drug-likeness (QED) is 0.592. The highest BCUT2D eigenvalue weighted by atomic mass is 19.1.